The minimum atomic E-state index is 0.651. The van der Waals surface area contributed by atoms with E-state index in [1.165, 1.54) is 25.7 Å². The second-order valence-electron chi connectivity index (χ2n) is 9.59. The van der Waals surface area contributed by atoms with Crippen molar-refractivity contribution in [3.05, 3.63) is 128 Å². The minimum absolute atomic E-state index is 0.651. The SMILES string of the molecule is c1ccc(-c2nc(-c3ccccc3)nc(-c3ccc4c(c3)c3sc5cnccc5c3n4-c3ccccc3)n2)cc1. The zero-order chi connectivity index (χ0) is 26.5. The van der Waals surface area contributed by atoms with Crippen LogP contribution in [-0.2, 0) is 0 Å². The number of benzene rings is 4. The fourth-order valence-electron chi connectivity index (χ4n) is 5.30. The maximum atomic E-state index is 4.96. The van der Waals surface area contributed by atoms with E-state index in [4.69, 9.17) is 15.0 Å². The largest absolute Gasteiger partial charge is 0.308 e. The van der Waals surface area contributed by atoms with Crippen LogP contribution in [0.4, 0.5) is 0 Å². The molecule has 0 saturated carbocycles. The predicted molar refractivity (Wildman–Crippen MR) is 164 cm³/mol. The summed E-state index contributed by atoms with van der Waals surface area (Å²) in [5.41, 5.74) is 6.34. The van der Waals surface area contributed by atoms with E-state index >= 15 is 0 Å². The predicted octanol–water partition coefficient (Wildman–Crippen LogP) is 8.58. The Balaban J connectivity index is 1.40. The molecule has 4 heterocycles. The van der Waals surface area contributed by atoms with Crippen molar-refractivity contribution in [3.63, 3.8) is 0 Å². The van der Waals surface area contributed by atoms with Gasteiger partial charge in [-0.3, -0.25) is 4.98 Å². The molecule has 8 rings (SSSR count). The van der Waals surface area contributed by atoms with Crippen molar-refractivity contribution in [1.29, 1.82) is 0 Å². The number of para-hydroxylation sites is 1. The molecule has 0 bridgehead atoms. The summed E-state index contributed by atoms with van der Waals surface area (Å²) in [6.45, 7) is 0. The lowest BCUT2D eigenvalue weighted by Gasteiger charge is -2.10. The molecule has 6 heteroatoms. The molecule has 0 N–H and O–H groups in total. The quantitative estimate of drug-likeness (QED) is 0.228. The highest BCUT2D eigenvalue weighted by Gasteiger charge is 2.19. The fraction of sp³-hybridized carbons (Fsp3) is 0. The summed E-state index contributed by atoms with van der Waals surface area (Å²) in [5, 5.41) is 2.37. The van der Waals surface area contributed by atoms with E-state index in [-0.39, 0.29) is 0 Å². The molecule has 0 aliphatic heterocycles. The van der Waals surface area contributed by atoms with E-state index in [0.29, 0.717) is 17.5 Å². The van der Waals surface area contributed by atoms with Gasteiger partial charge in [-0.05, 0) is 36.4 Å². The normalized spacial score (nSPS) is 11.5. The van der Waals surface area contributed by atoms with Gasteiger partial charge in [0, 0.05) is 45.5 Å². The molecule has 0 atom stereocenters. The summed E-state index contributed by atoms with van der Waals surface area (Å²) in [5.74, 6) is 1.96. The number of fused-ring (bicyclic) bond motifs is 5. The molecule has 0 spiro atoms. The molecular weight excluding hydrogens is 510 g/mol. The van der Waals surface area contributed by atoms with E-state index in [2.05, 4.69) is 64.1 Å². The summed E-state index contributed by atoms with van der Waals surface area (Å²) in [6.07, 6.45) is 3.82. The monoisotopic (exact) mass is 531 g/mol. The molecule has 0 aliphatic carbocycles. The third-order valence-corrected chi connectivity index (χ3v) is 8.31. The van der Waals surface area contributed by atoms with Gasteiger partial charge in [0.2, 0.25) is 0 Å². The van der Waals surface area contributed by atoms with E-state index < -0.39 is 0 Å². The first-order valence-corrected chi connectivity index (χ1v) is 13.9. The zero-order valence-electron chi connectivity index (χ0n) is 21.3. The first kappa shape index (κ1) is 22.8. The number of thiophene rings is 1. The lowest BCUT2D eigenvalue weighted by atomic mass is 10.1. The third kappa shape index (κ3) is 3.69. The summed E-state index contributed by atoms with van der Waals surface area (Å²) in [6, 6.07) is 39.3. The third-order valence-electron chi connectivity index (χ3n) is 7.14. The van der Waals surface area contributed by atoms with Gasteiger partial charge in [-0.1, -0.05) is 78.9 Å². The van der Waals surface area contributed by atoms with E-state index in [0.717, 1.165) is 27.9 Å². The molecule has 0 aliphatic rings. The Labute approximate surface area is 234 Å². The van der Waals surface area contributed by atoms with Gasteiger partial charge in [-0.25, -0.2) is 15.0 Å². The zero-order valence-corrected chi connectivity index (χ0v) is 22.1. The minimum Gasteiger partial charge on any atom is -0.308 e. The molecule has 8 aromatic rings. The van der Waals surface area contributed by atoms with Crippen LogP contribution in [0.3, 0.4) is 0 Å². The summed E-state index contributed by atoms with van der Waals surface area (Å²) >= 11 is 1.77. The Bertz CT molecular complexity index is 2090. The van der Waals surface area contributed by atoms with Crippen LogP contribution in [0.25, 0.3) is 71.1 Å². The van der Waals surface area contributed by atoms with Gasteiger partial charge >= 0.3 is 0 Å². The van der Waals surface area contributed by atoms with Crippen LogP contribution in [0.1, 0.15) is 0 Å². The molecule has 0 amide bonds. The van der Waals surface area contributed by atoms with Crippen LogP contribution in [0.5, 0.6) is 0 Å². The standard InChI is InChI=1S/C34H21N5S/c1-4-10-22(11-5-1)32-36-33(23-12-6-2-7-13-23)38-34(37-32)24-16-17-28-27(20-24)31-30(26-18-19-35-21-29(26)40-31)39(28)25-14-8-3-9-15-25/h1-21H. The molecule has 40 heavy (non-hydrogen) atoms. The van der Waals surface area contributed by atoms with Crippen molar-refractivity contribution in [2.24, 2.45) is 0 Å². The highest BCUT2D eigenvalue weighted by Crippen LogP contribution is 2.43. The molecule has 188 valence electrons. The van der Waals surface area contributed by atoms with Gasteiger partial charge < -0.3 is 4.57 Å². The van der Waals surface area contributed by atoms with Crippen molar-refractivity contribution < 1.29 is 0 Å². The van der Waals surface area contributed by atoms with Gasteiger partial charge in [-0.2, -0.15) is 0 Å². The van der Waals surface area contributed by atoms with E-state index in [1.54, 1.807) is 11.3 Å². The smallest absolute Gasteiger partial charge is 0.164 e. The molecular formula is C34H21N5S. The van der Waals surface area contributed by atoms with E-state index in [9.17, 15) is 0 Å². The molecule has 4 aromatic carbocycles. The number of pyridine rings is 1. The molecule has 4 aromatic heterocycles. The lowest BCUT2D eigenvalue weighted by Crippen LogP contribution is -2.00. The van der Waals surface area contributed by atoms with E-state index in [1.807, 2.05) is 73.1 Å². The second kappa shape index (κ2) is 9.22. The first-order chi connectivity index (χ1) is 19.8. The van der Waals surface area contributed by atoms with Gasteiger partial charge in [0.1, 0.15) is 0 Å². The topological polar surface area (TPSA) is 56.5 Å². The average molecular weight is 532 g/mol. The average Bonchev–Trinajstić information content (AvgIpc) is 3.56. The Hall–Kier alpha value is -5.20. The Morgan fingerprint density at radius 1 is 0.550 bits per heavy atom. The lowest BCUT2D eigenvalue weighted by molar-refractivity contribution is 1.07. The summed E-state index contributed by atoms with van der Waals surface area (Å²) in [7, 11) is 0. The van der Waals surface area contributed by atoms with Gasteiger partial charge in [0.15, 0.2) is 17.5 Å². The second-order valence-corrected chi connectivity index (χ2v) is 10.6. The Kier molecular flexibility index (Phi) is 5.24. The first-order valence-electron chi connectivity index (χ1n) is 13.1. The molecule has 0 fully saturated rings. The summed E-state index contributed by atoms with van der Waals surface area (Å²) < 4.78 is 4.75. The van der Waals surface area contributed by atoms with Crippen LogP contribution < -0.4 is 0 Å². The maximum absolute atomic E-state index is 4.96. The van der Waals surface area contributed by atoms with Crippen molar-refractivity contribution in [3.8, 4) is 39.9 Å². The van der Waals surface area contributed by atoms with Crippen LogP contribution in [-0.4, -0.2) is 24.5 Å². The van der Waals surface area contributed by atoms with Gasteiger partial charge in [0.25, 0.3) is 0 Å². The van der Waals surface area contributed by atoms with Crippen LogP contribution in [0.15, 0.2) is 128 Å². The van der Waals surface area contributed by atoms with Crippen molar-refractivity contribution >= 4 is 42.5 Å². The Morgan fingerprint density at radius 3 is 1.80 bits per heavy atom. The number of hydrogen-bond acceptors (Lipinski definition) is 5. The molecule has 5 nitrogen and oxygen atoms in total. The maximum Gasteiger partial charge on any atom is 0.164 e. The molecule has 0 unspecified atom stereocenters. The highest BCUT2D eigenvalue weighted by molar-refractivity contribution is 7.26. The number of hydrogen-bond donors (Lipinski definition) is 0. The van der Waals surface area contributed by atoms with Crippen LogP contribution in [0, 0.1) is 0 Å². The van der Waals surface area contributed by atoms with Crippen molar-refractivity contribution in [2.45, 2.75) is 0 Å². The van der Waals surface area contributed by atoms with Crippen molar-refractivity contribution in [1.82, 2.24) is 24.5 Å². The van der Waals surface area contributed by atoms with Crippen LogP contribution in [0.2, 0.25) is 0 Å². The van der Waals surface area contributed by atoms with Crippen molar-refractivity contribution in [2.75, 3.05) is 0 Å². The fourth-order valence-corrected chi connectivity index (χ4v) is 6.48. The number of aromatic nitrogens is 5. The molecule has 0 radical (unpaired) electrons. The number of rotatable bonds is 4. The highest BCUT2D eigenvalue weighted by atomic mass is 32.1. The summed E-state index contributed by atoms with van der Waals surface area (Å²) in [4.78, 5) is 19.2. The molecule has 0 saturated heterocycles. The van der Waals surface area contributed by atoms with Gasteiger partial charge in [-0.15, -0.1) is 11.3 Å². The number of nitrogens with zero attached hydrogens (tertiary/aromatic N) is 5. The Morgan fingerprint density at radius 2 is 1.15 bits per heavy atom. The van der Waals surface area contributed by atoms with Crippen LogP contribution >= 0.6 is 11.3 Å². The van der Waals surface area contributed by atoms with Gasteiger partial charge in [0.05, 0.1) is 20.4 Å².